The fourth-order valence-corrected chi connectivity index (χ4v) is 3.17. The van der Waals surface area contributed by atoms with Gasteiger partial charge in [0, 0.05) is 11.6 Å². The van der Waals surface area contributed by atoms with Gasteiger partial charge in [-0.2, -0.15) is 5.10 Å². The van der Waals surface area contributed by atoms with Crippen LogP contribution in [0.2, 0.25) is 0 Å². The topological polar surface area (TPSA) is 62.7 Å². The molecule has 122 valence electrons. The molecule has 1 saturated carbocycles. The zero-order chi connectivity index (χ0) is 16.4. The van der Waals surface area contributed by atoms with Crippen molar-refractivity contribution in [2.24, 2.45) is 5.92 Å². The molecule has 0 unspecified atom stereocenters. The van der Waals surface area contributed by atoms with Crippen molar-refractivity contribution in [1.29, 1.82) is 0 Å². The SMILES string of the molecule is Cc1cccc(-c2n[nH]c(=S)n2CC(=O)N[C@H](C)C2CCC2)c1. The Morgan fingerprint density at radius 3 is 2.96 bits per heavy atom. The molecule has 1 atom stereocenters. The first-order chi connectivity index (χ1) is 11.0. The van der Waals surface area contributed by atoms with Crippen molar-refractivity contribution < 1.29 is 4.79 Å². The van der Waals surface area contributed by atoms with Gasteiger partial charge in [0.05, 0.1) is 0 Å². The number of amides is 1. The Balaban J connectivity index is 1.76. The molecule has 0 radical (unpaired) electrons. The van der Waals surface area contributed by atoms with E-state index < -0.39 is 0 Å². The number of nitrogens with one attached hydrogen (secondary N) is 2. The van der Waals surface area contributed by atoms with Crippen LogP contribution in [-0.2, 0) is 11.3 Å². The minimum absolute atomic E-state index is 0.0178. The van der Waals surface area contributed by atoms with E-state index in [4.69, 9.17) is 12.2 Å². The van der Waals surface area contributed by atoms with Crippen LogP contribution in [-0.4, -0.2) is 26.7 Å². The average Bonchev–Trinajstić information content (AvgIpc) is 2.78. The van der Waals surface area contributed by atoms with Crippen molar-refractivity contribution in [2.75, 3.05) is 0 Å². The number of nitrogens with zero attached hydrogens (tertiary/aromatic N) is 2. The lowest BCUT2D eigenvalue weighted by atomic mass is 9.80. The first-order valence-electron chi connectivity index (χ1n) is 8.06. The van der Waals surface area contributed by atoms with Crippen molar-refractivity contribution >= 4 is 18.1 Å². The second-order valence-corrected chi connectivity index (χ2v) is 6.74. The van der Waals surface area contributed by atoms with E-state index in [2.05, 4.69) is 22.4 Å². The lowest BCUT2D eigenvalue weighted by Gasteiger charge is -2.31. The highest BCUT2D eigenvalue weighted by molar-refractivity contribution is 7.71. The number of H-pyrrole nitrogens is 1. The summed E-state index contributed by atoms with van der Waals surface area (Å²) < 4.78 is 2.22. The molecular formula is C17H22N4OS. The van der Waals surface area contributed by atoms with Crippen LogP contribution < -0.4 is 5.32 Å². The highest BCUT2D eigenvalue weighted by atomic mass is 32.1. The van der Waals surface area contributed by atoms with Crippen molar-refractivity contribution in [3.8, 4) is 11.4 Å². The summed E-state index contributed by atoms with van der Waals surface area (Å²) in [7, 11) is 0. The summed E-state index contributed by atoms with van der Waals surface area (Å²) in [6, 6.07) is 8.24. The molecule has 0 spiro atoms. The van der Waals surface area contributed by atoms with Gasteiger partial charge in [-0.3, -0.25) is 14.5 Å². The van der Waals surface area contributed by atoms with Crippen molar-refractivity contribution in [3.05, 3.63) is 34.6 Å². The molecule has 0 bridgehead atoms. The van der Waals surface area contributed by atoms with E-state index >= 15 is 0 Å². The van der Waals surface area contributed by atoms with Crippen LogP contribution in [0.15, 0.2) is 24.3 Å². The Bertz CT molecular complexity index is 760. The molecule has 6 heteroatoms. The number of hydrogen-bond acceptors (Lipinski definition) is 3. The summed E-state index contributed by atoms with van der Waals surface area (Å²) in [6.07, 6.45) is 3.69. The van der Waals surface area contributed by atoms with Crippen LogP contribution in [0.3, 0.4) is 0 Å². The number of rotatable bonds is 5. The van der Waals surface area contributed by atoms with Gasteiger partial charge in [-0.05, 0) is 50.9 Å². The lowest BCUT2D eigenvalue weighted by molar-refractivity contribution is -0.122. The molecule has 2 aromatic rings. The monoisotopic (exact) mass is 330 g/mol. The van der Waals surface area contributed by atoms with Crippen LogP contribution in [0.1, 0.15) is 31.7 Å². The molecule has 1 aromatic heterocycles. The molecule has 1 amide bonds. The normalized spacial score (nSPS) is 15.9. The highest BCUT2D eigenvalue weighted by Crippen LogP contribution is 2.29. The fourth-order valence-electron chi connectivity index (χ4n) is 2.97. The number of carbonyl (C=O) groups is 1. The largest absolute Gasteiger partial charge is 0.352 e. The second-order valence-electron chi connectivity index (χ2n) is 6.36. The summed E-state index contributed by atoms with van der Waals surface area (Å²) in [5.41, 5.74) is 2.10. The molecule has 3 rings (SSSR count). The van der Waals surface area contributed by atoms with Crippen molar-refractivity contribution in [2.45, 2.75) is 45.7 Å². The summed E-state index contributed by atoms with van der Waals surface area (Å²) in [4.78, 5) is 12.3. The molecule has 1 heterocycles. The van der Waals surface area contributed by atoms with Gasteiger partial charge in [0.2, 0.25) is 5.91 Å². The van der Waals surface area contributed by atoms with Crippen LogP contribution >= 0.6 is 12.2 Å². The predicted molar refractivity (Wildman–Crippen MR) is 92.5 cm³/mol. The number of hydrogen-bond donors (Lipinski definition) is 2. The molecule has 1 fully saturated rings. The van der Waals surface area contributed by atoms with Crippen LogP contribution in [0, 0.1) is 17.6 Å². The van der Waals surface area contributed by atoms with Crippen LogP contribution in [0.5, 0.6) is 0 Å². The number of carbonyl (C=O) groups excluding carboxylic acids is 1. The number of benzene rings is 1. The summed E-state index contributed by atoms with van der Waals surface area (Å²) >= 11 is 5.29. The molecule has 1 aliphatic rings. The van der Waals surface area contributed by atoms with E-state index in [9.17, 15) is 4.79 Å². The van der Waals surface area contributed by atoms with Gasteiger partial charge in [0.1, 0.15) is 6.54 Å². The number of aryl methyl sites for hydroxylation is 1. The molecule has 5 nitrogen and oxygen atoms in total. The van der Waals surface area contributed by atoms with Crippen molar-refractivity contribution in [1.82, 2.24) is 20.1 Å². The molecule has 23 heavy (non-hydrogen) atoms. The van der Waals surface area contributed by atoms with Gasteiger partial charge in [-0.1, -0.05) is 30.2 Å². The molecule has 0 aliphatic heterocycles. The van der Waals surface area contributed by atoms with E-state index in [-0.39, 0.29) is 18.5 Å². The Kier molecular flexibility index (Phi) is 4.61. The average molecular weight is 330 g/mol. The van der Waals surface area contributed by atoms with Gasteiger partial charge in [0.25, 0.3) is 0 Å². The Hall–Kier alpha value is -1.95. The highest BCUT2D eigenvalue weighted by Gasteiger charge is 2.25. The summed E-state index contributed by atoms with van der Waals surface area (Å²) in [5.74, 6) is 1.30. The lowest BCUT2D eigenvalue weighted by Crippen LogP contribution is -2.42. The van der Waals surface area contributed by atoms with Gasteiger partial charge < -0.3 is 5.32 Å². The first-order valence-corrected chi connectivity index (χ1v) is 8.47. The minimum atomic E-state index is -0.0178. The predicted octanol–water partition coefficient (Wildman–Crippen LogP) is 3.22. The molecule has 2 N–H and O–H groups in total. The second kappa shape index (κ2) is 6.66. The van der Waals surface area contributed by atoms with E-state index in [0.29, 0.717) is 16.5 Å². The quantitative estimate of drug-likeness (QED) is 0.828. The van der Waals surface area contributed by atoms with Crippen LogP contribution in [0.4, 0.5) is 0 Å². The molecule has 0 saturated heterocycles. The third-order valence-electron chi connectivity index (χ3n) is 4.58. The Labute approximate surface area is 141 Å². The third-order valence-corrected chi connectivity index (χ3v) is 4.89. The van der Waals surface area contributed by atoms with E-state index in [1.165, 1.54) is 19.3 Å². The fraction of sp³-hybridized carbons (Fsp3) is 0.471. The minimum Gasteiger partial charge on any atom is -0.352 e. The van der Waals surface area contributed by atoms with Gasteiger partial charge in [0.15, 0.2) is 10.6 Å². The number of aromatic nitrogens is 3. The maximum Gasteiger partial charge on any atom is 0.240 e. The maximum absolute atomic E-state index is 12.3. The smallest absolute Gasteiger partial charge is 0.240 e. The first kappa shape index (κ1) is 15.9. The van der Waals surface area contributed by atoms with Crippen molar-refractivity contribution in [3.63, 3.8) is 0 Å². The van der Waals surface area contributed by atoms with Gasteiger partial charge >= 0.3 is 0 Å². The third kappa shape index (κ3) is 3.52. The standard InChI is InChI=1S/C17H22N4OS/c1-11-5-3-8-14(9-11)16-19-20-17(23)21(16)10-15(22)18-12(2)13-6-4-7-13/h3,5,8-9,12-13H,4,6-7,10H2,1-2H3,(H,18,22)(H,20,23)/t12-/m1/s1. The molecular weight excluding hydrogens is 308 g/mol. The van der Waals surface area contributed by atoms with E-state index in [0.717, 1.165) is 11.1 Å². The zero-order valence-corrected chi connectivity index (χ0v) is 14.3. The Morgan fingerprint density at radius 1 is 1.52 bits per heavy atom. The van der Waals surface area contributed by atoms with E-state index in [1.807, 2.05) is 31.2 Å². The Morgan fingerprint density at radius 2 is 2.30 bits per heavy atom. The maximum atomic E-state index is 12.3. The summed E-state index contributed by atoms with van der Waals surface area (Å²) in [6.45, 7) is 4.30. The zero-order valence-electron chi connectivity index (χ0n) is 13.5. The van der Waals surface area contributed by atoms with E-state index in [1.54, 1.807) is 4.57 Å². The molecule has 1 aromatic carbocycles. The molecule has 1 aliphatic carbocycles. The van der Waals surface area contributed by atoms with Crippen LogP contribution in [0.25, 0.3) is 11.4 Å². The summed E-state index contributed by atoms with van der Waals surface area (Å²) in [5, 5.41) is 10.2. The number of aromatic amines is 1. The van der Waals surface area contributed by atoms with Gasteiger partial charge in [-0.25, -0.2) is 0 Å². The van der Waals surface area contributed by atoms with Gasteiger partial charge in [-0.15, -0.1) is 0 Å².